The van der Waals surface area contributed by atoms with Gasteiger partial charge in [0.15, 0.2) is 0 Å². The van der Waals surface area contributed by atoms with Gasteiger partial charge in [0.1, 0.15) is 5.82 Å². The van der Waals surface area contributed by atoms with Crippen LogP contribution in [-0.2, 0) is 14.8 Å². The molecule has 0 aromatic heterocycles. The number of esters is 1. The topological polar surface area (TPSA) is 75.7 Å². The molecule has 124 valence electrons. The number of carbonyl (C=O) groups excluding carboxylic acids is 1. The Balaban J connectivity index is 0.00000242. The maximum absolute atomic E-state index is 13.3. The lowest BCUT2D eigenvalue weighted by atomic mass is 10.2. The molecule has 0 atom stereocenters. The number of nitrogens with zero attached hydrogens (tertiary/aromatic N) is 1. The average Bonchev–Trinajstić information content (AvgIpc) is 2.75. The van der Waals surface area contributed by atoms with Gasteiger partial charge in [0.05, 0.1) is 17.6 Å². The Bertz CT molecular complexity index is 631. The fourth-order valence-corrected chi connectivity index (χ4v) is 3.84. The maximum atomic E-state index is 13.3. The zero-order valence-electron chi connectivity index (χ0n) is 12.0. The van der Waals surface area contributed by atoms with Gasteiger partial charge in [-0.25, -0.2) is 17.6 Å². The van der Waals surface area contributed by atoms with Crippen molar-refractivity contribution in [2.24, 2.45) is 0 Å². The van der Waals surface area contributed by atoms with Crippen LogP contribution < -0.4 is 5.32 Å². The van der Waals surface area contributed by atoms with E-state index in [1.807, 2.05) is 0 Å². The van der Waals surface area contributed by atoms with E-state index in [0.29, 0.717) is 26.1 Å². The molecule has 0 aliphatic carbocycles. The van der Waals surface area contributed by atoms with Gasteiger partial charge in [-0.05, 0) is 31.2 Å². The van der Waals surface area contributed by atoms with Crippen molar-refractivity contribution >= 4 is 28.4 Å². The minimum absolute atomic E-state index is 0. The third kappa shape index (κ3) is 3.95. The molecule has 0 spiro atoms. The summed E-state index contributed by atoms with van der Waals surface area (Å²) in [5.74, 6) is -1.56. The van der Waals surface area contributed by atoms with Gasteiger partial charge >= 0.3 is 5.97 Å². The average molecular weight is 353 g/mol. The summed E-state index contributed by atoms with van der Waals surface area (Å²) in [4.78, 5) is 11.5. The first kappa shape index (κ1) is 18.8. The fourth-order valence-electron chi connectivity index (χ4n) is 2.20. The summed E-state index contributed by atoms with van der Waals surface area (Å²) in [7, 11) is -2.74. The van der Waals surface area contributed by atoms with Crippen LogP contribution in [0.15, 0.2) is 23.1 Å². The van der Waals surface area contributed by atoms with Crippen LogP contribution in [0, 0.1) is 5.82 Å². The van der Waals surface area contributed by atoms with Crippen molar-refractivity contribution in [3.8, 4) is 0 Å². The summed E-state index contributed by atoms with van der Waals surface area (Å²) >= 11 is 0. The van der Waals surface area contributed by atoms with Crippen LogP contribution in [0.5, 0.6) is 0 Å². The molecular formula is C13H18ClFN2O4S. The van der Waals surface area contributed by atoms with E-state index in [1.54, 1.807) is 0 Å². The molecule has 9 heteroatoms. The molecule has 22 heavy (non-hydrogen) atoms. The molecule has 1 aliphatic rings. The molecule has 0 amide bonds. The summed E-state index contributed by atoms with van der Waals surface area (Å²) < 4.78 is 44.5. The number of rotatable bonds is 3. The van der Waals surface area contributed by atoms with Gasteiger partial charge in [-0.2, -0.15) is 4.31 Å². The maximum Gasteiger partial charge on any atom is 0.339 e. The largest absolute Gasteiger partial charge is 0.465 e. The second-order valence-corrected chi connectivity index (χ2v) is 6.55. The van der Waals surface area contributed by atoms with Crippen molar-refractivity contribution in [1.29, 1.82) is 0 Å². The van der Waals surface area contributed by atoms with Crippen LogP contribution in [0.25, 0.3) is 0 Å². The van der Waals surface area contributed by atoms with Crippen molar-refractivity contribution < 1.29 is 22.3 Å². The van der Waals surface area contributed by atoms with Gasteiger partial charge in [-0.15, -0.1) is 12.4 Å². The lowest BCUT2D eigenvalue weighted by Gasteiger charge is -2.20. The molecule has 1 fully saturated rings. The van der Waals surface area contributed by atoms with Crippen LogP contribution in [0.4, 0.5) is 4.39 Å². The fraction of sp³-hybridized carbons (Fsp3) is 0.462. The van der Waals surface area contributed by atoms with E-state index in [4.69, 9.17) is 0 Å². The number of hydrogen-bond donors (Lipinski definition) is 1. The number of carbonyl (C=O) groups is 1. The SMILES string of the molecule is COC(=O)c1cc(F)ccc1S(=O)(=O)N1CCCNCC1.Cl. The van der Waals surface area contributed by atoms with Gasteiger partial charge < -0.3 is 10.1 Å². The standard InChI is InChI=1S/C13H17FN2O4S.ClH/c1-20-13(17)11-9-10(14)3-4-12(11)21(18,19)16-7-2-5-15-6-8-16;/h3-4,9,15H,2,5-8H2,1H3;1H. The third-order valence-corrected chi connectivity index (χ3v) is 5.22. The molecule has 1 saturated heterocycles. The smallest absolute Gasteiger partial charge is 0.339 e. The molecular weight excluding hydrogens is 335 g/mol. The van der Waals surface area contributed by atoms with Gasteiger partial charge in [0.25, 0.3) is 0 Å². The molecule has 1 aromatic rings. The van der Waals surface area contributed by atoms with Crippen LogP contribution in [0.3, 0.4) is 0 Å². The van der Waals surface area contributed by atoms with Crippen molar-refractivity contribution in [2.45, 2.75) is 11.3 Å². The van der Waals surface area contributed by atoms with Crippen molar-refractivity contribution in [3.63, 3.8) is 0 Å². The minimum atomic E-state index is -3.86. The molecule has 1 heterocycles. The van der Waals surface area contributed by atoms with E-state index in [1.165, 1.54) is 4.31 Å². The Morgan fingerprint density at radius 1 is 1.32 bits per heavy atom. The second kappa shape index (κ2) is 7.87. The van der Waals surface area contributed by atoms with E-state index >= 15 is 0 Å². The van der Waals surface area contributed by atoms with Crippen molar-refractivity contribution in [3.05, 3.63) is 29.6 Å². The highest BCUT2D eigenvalue weighted by Gasteiger charge is 2.30. The van der Waals surface area contributed by atoms with Gasteiger partial charge in [0, 0.05) is 19.6 Å². The summed E-state index contributed by atoms with van der Waals surface area (Å²) in [6.45, 7) is 1.93. The number of halogens is 2. The molecule has 0 saturated carbocycles. The molecule has 0 bridgehead atoms. The van der Waals surface area contributed by atoms with E-state index < -0.39 is 21.8 Å². The lowest BCUT2D eigenvalue weighted by molar-refractivity contribution is 0.0595. The highest BCUT2D eigenvalue weighted by atomic mass is 35.5. The zero-order valence-corrected chi connectivity index (χ0v) is 13.7. The number of benzene rings is 1. The van der Waals surface area contributed by atoms with Gasteiger partial charge in [-0.3, -0.25) is 0 Å². The predicted octanol–water partition coefficient (Wildman–Crippen LogP) is 1.02. The van der Waals surface area contributed by atoms with Crippen LogP contribution >= 0.6 is 12.4 Å². The highest BCUT2D eigenvalue weighted by Crippen LogP contribution is 2.22. The first-order valence-corrected chi connectivity index (χ1v) is 7.99. The van der Waals surface area contributed by atoms with Crippen LogP contribution in [-0.4, -0.2) is 52.0 Å². The minimum Gasteiger partial charge on any atom is -0.465 e. The van der Waals surface area contributed by atoms with E-state index in [0.717, 1.165) is 31.9 Å². The normalized spacial score (nSPS) is 16.5. The number of sulfonamides is 1. The first-order chi connectivity index (χ1) is 9.96. The zero-order chi connectivity index (χ0) is 15.5. The quantitative estimate of drug-likeness (QED) is 0.822. The summed E-state index contributed by atoms with van der Waals surface area (Å²) in [6.07, 6.45) is 0.675. The lowest BCUT2D eigenvalue weighted by Crippen LogP contribution is -2.35. The molecule has 0 unspecified atom stereocenters. The Kier molecular flexibility index (Phi) is 6.73. The molecule has 1 aromatic carbocycles. The Morgan fingerprint density at radius 3 is 2.73 bits per heavy atom. The summed E-state index contributed by atoms with van der Waals surface area (Å²) in [5.41, 5.74) is -0.283. The number of methoxy groups -OCH3 is 1. The Hall–Kier alpha value is -1.22. The van der Waals surface area contributed by atoms with Gasteiger partial charge in [-0.1, -0.05) is 0 Å². The summed E-state index contributed by atoms with van der Waals surface area (Å²) in [5, 5.41) is 3.10. The first-order valence-electron chi connectivity index (χ1n) is 6.55. The van der Waals surface area contributed by atoms with Crippen LogP contribution in [0.1, 0.15) is 16.8 Å². The Labute approximate surface area is 135 Å². The monoisotopic (exact) mass is 352 g/mol. The molecule has 1 aliphatic heterocycles. The van der Waals surface area contributed by atoms with E-state index in [-0.39, 0.29) is 22.9 Å². The van der Waals surface area contributed by atoms with Gasteiger partial charge in [0.2, 0.25) is 10.0 Å². The molecule has 0 radical (unpaired) electrons. The summed E-state index contributed by atoms with van der Waals surface area (Å²) in [6, 6.07) is 3.01. The van der Waals surface area contributed by atoms with Crippen molar-refractivity contribution in [2.75, 3.05) is 33.3 Å². The molecule has 6 nitrogen and oxygen atoms in total. The Morgan fingerprint density at radius 2 is 2.05 bits per heavy atom. The highest BCUT2D eigenvalue weighted by molar-refractivity contribution is 7.89. The van der Waals surface area contributed by atoms with E-state index in [2.05, 4.69) is 10.1 Å². The number of ether oxygens (including phenoxy) is 1. The number of nitrogens with one attached hydrogen (secondary N) is 1. The predicted molar refractivity (Wildman–Crippen MR) is 81.2 cm³/mol. The molecule has 1 N–H and O–H groups in total. The second-order valence-electron chi connectivity index (χ2n) is 4.64. The van der Waals surface area contributed by atoms with E-state index in [9.17, 15) is 17.6 Å². The third-order valence-electron chi connectivity index (χ3n) is 3.26. The van der Waals surface area contributed by atoms with Crippen molar-refractivity contribution in [1.82, 2.24) is 9.62 Å². The number of hydrogen-bond acceptors (Lipinski definition) is 5. The molecule has 2 rings (SSSR count). The van der Waals surface area contributed by atoms with Crippen LogP contribution in [0.2, 0.25) is 0 Å².